The van der Waals surface area contributed by atoms with Crippen molar-refractivity contribution in [2.45, 2.75) is 18.4 Å². The lowest BCUT2D eigenvalue weighted by Crippen LogP contribution is -2.50. The molecule has 0 unspecified atom stereocenters. The Morgan fingerprint density at radius 1 is 1.43 bits per heavy atom. The summed E-state index contributed by atoms with van der Waals surface area (Å²) in [5, 5.41) is 0. The highest BCUT2D eigenvalue weighted by Crippen LogP contribution is 2.25. The summed E-state index contributed by atoms with van der Waals surface area (Å²) in [7, 11) is 5.86. The van der Waals surface area contributed by atoms with Gasteiger partial charge in [0.15, 0.2) is 0 Å². The van der Waals surface area contributed by atoms with Crippen molar-refractivity contribution in [1.29, 1.82) is 0 Å². The van der Waals surface area contributed by atoms with Crippen LogP contribution in [-0.4, -0.2) is 62.7 Å². The van der Waals surface area contributed by atoms with Crippen molar-refractivity contribution in [3.05, 3.63) is 0 Å². The molecule has 1 amide bonds. The third-order valence-electron chi connectivity index (χ3n) is 2.90. The predicted molar refractivity (Wildman–Crippen MR) is 55.2 cm³/mol. The first-order chi connectivity index (χ1) is 6.62. The van der Waals surface area contributed by atoms with Crippen LogP contribution in [-0.2, 0) is 9.53 Å². The lowest BCUT2D eigenvalue weighted by molar-refractivity contribution is -0.124. The fraction of sp³-hybridized carbons (Fsp3) is 0.900. The normalized spacial score (nSPS) is 21.3. The third-order valence-corrected chi connectivity index (χ3v) is 2.90. The van der Waals surface area contributed by atoms with Gasteiger partial charge in [-0.15, -0.1) is 0 Å². The molecular formula is C10H20N2O2. The SMILES string of the molecule is COC1(CN(C)C)CCN(C=O)CC1. The van der Waals surface area contributed by atoms with Gasteiger partial charge >= 0.3 is 0 Å². The molecule has 0 aliphatic carbocycles. The molecule has 1 fully saturated rings. The van der Waals surface area contributed by atoms with Crippen molar-refractivity contribution < 1.29 is 9.53 Å². The number of rotatable bonds is 4. The Labute approximate surface area is 85.8 Å². The summed E-state index contributed by atoms with van der Waals surface area (Å²) in [6.45, 7) is 2.55. The number of carbonyl (C=O) groups is 1. The van der Waals surface area contributed by atoms with Gasteiger partial charge in [-0.1, -0.05) is 0 Å². The molecule has 0 saturated carbocycles. The number of nitrogens with zero attached hydrogens (tertiary/aromatic N) is 2. The summed E-state index contributed by atoms with van der Waals surface area (Å²) in [5.41, 5.74) is -0.0526. The van der Waals surface area contributed by atoms with Crippen LogP contribution in [0.4, 0.5) is 0 Å². The zero-order valence-corrected chi connectivity index (χ0v) is 9.32. The molecule has 0 bridgehead atoms. The first-order valence-corrected chi connectivity index (χ1v) is 5.01. The minimum absolute atomic E-state index is 0.0526. The van der Waals surface area contributed by atoms with Crippen LogP contribution < -0.4 is 0 Å². The molecule has 82 valence electrons. The molecule has 1 rings (SSSR count). The van der Waals surface area contributed by atoms with Crippen LogP contribution in [0.25, 0.3) is 0 Å². The van der Waals surface area contributed by atoms with Gasteiger partial charge in [0, 0.05) is 26.7 Å². The average molecular weight is 200 g/mol. The Kier molecular flexibility index (Phi) is 3.89. The van der Waals surface area contributed by atoms with Gasteiger partial charge in [-0.05, 0) is 26.9 Å². The summed E-state index contributed by atoms with van der Waals surface area (Å²) in [4.78, 5) is 14.5. The van der Waals surface area contributed by atoms with Gasteiger partial charge in [-0.25, -0.2) is 0 Å². The van der Waals surface area contributed by atoms with Crippen LogP contribution in [0.15, 0.2) is 0 Å². The average Bonchev–Trinajstić information content (AvgIpc) is 2.18. The molecule has 0 N–H and O–H groups in total. The number of piperidine rings is 1. The second-order valence-corrected chi connectivity index (χ2v) is 4.27. The van der Waals surface area contributed by atoms with Crippen LogP contribution in [0, 0.1) is 0 Å². The number of methoxy groups -OCH3 is 1. The molecule has 14 heavy (non-hydrogen) atoms. The standard InChI is InChI=1S/C10H20N2O2/c1-11(2)8-10(14-3)4-6-12(9-13)7-5-10/h9H,4-8H2,1-3H3. The molecule has 4 heteroatoms. The van der Waals surface area contributed by atoms with E-state index in [1.807, 2.05) is 19.0 Å². The van der Waals surface area contributed by atoms with Crippen molar-refractivity contribution in [3.8, 4) is 0 Å². The highest BCUT2D eigenvalue weighted by molar-refractivity contribution is 5.47. The van der Waals surface area contributed by atoms with Crippen molar-refractivity contribution in [1.82, 2.24) is 9.80 Å². The molecule has 0 radical (unpaired) electrons. The second kappa shape index (κ2) is 4.75. The Morgan fingerprint density at radius 3 is 2.36 bits per heavy atom. The number of hydrogen-bond donors (Lipinski definition) is 0. The van der Waals surface area contributed by atoms with Gasteiger partial charge in [0.1, 0.15) is 0 Å². The maximum absolute atomic E-state index is 10.6. The summed E-state index contributed by atoms with van der Waals surface area (Å²) in [5.74, 6) is 0. The van der Waals surface area contributed by atoms with E-state index in [1.54, 1.807) is 7.11 Å². The van der Waals surface area contributed by atoms with E-state index >= 15 is 0 Å². The Morgan fingerprint density at radius 2 is 2.00 bits per heavy atom. The molecular weight excluding hydrogens is 180 g/mol. The first kappa shape index (κ1) is 11.5. The van der Waals surface area contributed by atoms with E-state index in [0.29, 0.717) is 0 Å². The lowest BCUT2D eigenvalue weighted by atomic mass is 9.91. The lowest BCUT2D eigenvalue weighted by Gasteiger charge is -2.41. The molecule has 1 heterocycles. The largest absolute Gasteiger partial charge is 0.377 e. The smallest absolute Gasteiger partial charge is 0.209 e. The molecule has 0 atom stereocenters. The third kappa shape index (κ3) is 2.69. The molecule has 0 spiro atoms. The van der Waals surface area contributed by atoms with Crippen LogP contribution in [0.3, 0.4) is 0 Å². The van der Waals surface area contributed by atoms with E-state index in [2.05, 4.69) is 4.90 Å². The minimum atomic E-state index is -0.0526. The van der Waals surface area contributed by atoms with E-state index in [1.165, 1.54) is 0 Å². The zero-order chi connectivity index (χ0) is 10.6. The quantitative estimate of drug-likeness (QED) is 0.607. The Balaban J connectivity index is 2.51. The Hall–Kier alpha value is -0.610. The van der Waals surface area contributed by atoms with Crippen molar-refractivity contribution in [2.75, 3.05) is 40.8 Å². The summed E-state index contributed by atoms with van der Waals surface area (Å²) >= 11 is 0. The van der Waals surface area contributed by atoms with E-state index in [4.69, 9.17) is 4.74 Å². The van der Waals surface area contributed by atoms with Gasteiger partial charge in [0.05, 0.1) is 5.60 Å². The number of hydrogen-bond acceptors (Lipinski definition) is 3. The van der Waals surface area contributed by atoms with Crippen LogP contribution in [0.1, 0.15) is 12.8 Å². The summed E-state index contributed by atoms with van der Waals surface area (Å²) < 4.78 is 5.60. The van der Waals surface area contributed by atoms with Gasteiger partial charge in [0.25, 0.3) is 0 Å². The molecule has 1 aliphatic rings. The molecule has 1 saturated heterocycles. The molecule has 4 nitrogen and oxygen atoms in total. The second-order valence-electron chi connectivity index (χ2n) is 4.27. The highest BCUT2D eigenvalue weighted by Gasteiger charge is 2.34. The Bertz CT molecular complexity index is 187. The monoisotopic (exact) mass is 200 g/mol. The van der Waals surface area contributed by atoms with Gasteiger partial charge < -0.3 is 14.5 Å². The van der Waals surface area contributed by atoms with E-state index < -0.39 is 0 Å². The molecule has 0 aromatic carbocycles. The highest BCUT2D eigenvalue weighted by atomic mass is 16.5. The number of likely N-dealkylation sites (N-methyl/N-ethyl adjacent to an activating group) is 1. The maximum atomic E-state index is 10.6. The number of carbonyl (C=O) groups excluding carboxylic acids is 1. The van der Waals surface area contributed by atoms with Gasteiger partial charge in [-0.3, -0.25) is 4.79 Å². The summed E-state index contributed by atoms with van der Waals surface area (Å²) in [6.07, 6.45) is 2.79. The van der Waals surface area contributed by atoms with E-state index in [-0.39, 0.29) is 5.60 Å². The number of ether oxygens (including phenoxy) is 1. The first-order valence-electron chi connectivity index (χ1n) is 5.01. The minimum Gasteiger partial charge on any atom is -0.377 e. The fourth-order valence-corrected chi connectivity index (χ4v) is 2.04. The number of likely N-dealkylation sites (tertiary alicyclic amines) is 1. The summed E-state index contributed by atoms with van der Waals surface area (Å²) in [6, 6.07) is 0. The van der Waals surface area contributed by atoms with Crippen molar-refractivity contribution >= 4 is 6.41 Å². The maximum Gasteiger partial charge on any atom is 0.209 e. The predicted octanol–water partition coefficient (Wildman–Crippen LogP) is 0.185. The topological polar surface area (TPSA) is 32.8 Å². The fourth-order valence-electron chi connectivity index (χ4n) is 2.04. The zero-order valence-electron chi connectivity index (χ0n) is 9.32. The van der Waals surface area contributed by atoms with Gasteiger partial charge in [0.2, 0.25) is 6.41 Å². The van der Waals surface area contributed by atoms with Crippen LogP contribution in [0.2, 0.25) is 0 Å². The molecule has 1 aliphatic heterocycles. The van der Waals surface area contributed by atoms with E-state index in [9.17, 15) is 4.79 Å². The van der Waals surface area contributed by atoms with Gasteiger partial charge in [-0.2, -0.15) is 0 Å². The number of amides is 1. The van der Waals surface area contributed by atoms with Crippen molar-refractivity contribution in [3.63, 3.8) is 0 Å². The molecule has 0 aromatic heterocycles. The van der Waals surface area contributed by atoms with Crippen LogP contribution >= 0.6 is 0 Å². The van der Waals surface area contributed by atoms with E-state index in [0.717, 1.165) is 38.9 Å². The molecule has 0 aromatic rings. The van der Waals surface area contributed by atoms with Crippen molar-refractivity contribution in [2.24, 2.45) is 0 Å². The van der Waals surface area contributed by atoms with Crippen LogP contribution in [0.5, 0.6) is 0 Å².